The molecule has 7 heteroatoms. The van der Waals surface area contributed by atoms with Gasteiger partial charge in [0, 0.05) is 0 Å². The highest BCUT2D eigenvalue weighted by molar-refractivity contribution is 7.94. The van der Waals surface area contributed by atoms with Gasteiger partial charge in [0.1, 0.15) is 5.52 Å². The van der Waals surface area contributed by atoms with E-state index < -0.39 is 17.4 Å². The van der Waals surface area contributed by atoms with E-state index in [0.717, 1.165) is 63.4 Å². The van der Waals surface area contributed by atoms with Gasteiger partial charge in [0.15, 0.2) is 17.6 Å². The van der Waals surface area contributed by atoms with Crippen molar-refractivity contribution in [1.82, 2.24) is 4.98 Å². The molecule has 0 aliphatic heterocycles. The second-order valence-electron chi connectivity index (χ2n) is 9.49. The minimum atomic E-state index is -1.06. The number of aliphatic carboxylic acids is 1. The Kier molecular flexibility index (Phi) is 11.9. The fourth-order valence-corrected chi connectivity index (χ4v) is 5.38. The fraction of sp³-hybridized carbons (Fsp3) is 0.667. The van der Waals surface area contributed by atoms with Crippen molar-refractivity contribution in [2.75, 3.05) is 0 Å². The van der Waals surface area contributed by atoms with Crippen LogP contribution in [0.4, 0.5) is 0 Å². The zero-order valence-corrected chi connectivity index (χ0v) is 22.0. The van der Waals surface area contributed by atoms with Crippen LogP contribution in [0.1, 0.15) is 98.3 Å². The Bertz CT molecular complexity index is 845. The van der Waals surface area contributed by atoms with Crippen molar-refractivity contribution in [3.05, 3.63) is 24.3 Å². The summed E-state index contributed by atoms with van der Waals surface area (Å²) in [4.78, 5) is 30.1. The van der Waals surface area contributed by atoms with Crippen molar-refractivity contribution in [3.8, 4) is 0 Å². The standard InChI is InChI=1S/C27H41NO5S/c1-5-9-13-20(7-3)17-27(19-24(29)30,18-21(8-4)14-10-6-2)25(31)33-34-26-28-22-15-11-12-16-23(22)32-26/h11-12,15-16,20-21H,5-10,13-14,17-19H2,1-4H3,(H,29,30). The lowest BCUT2D eigenvalue weighted by atomic mass is 9.68. The van der Waals surface area contributed by atoms with Crippen molar-refractivity contribution in [1.29, 1.82) is 0 Å². The molecule has 0 spiro atoms. The van der Waals surface area contributed by atoms with Gasteiger partial charge >= 0.3 is 11.9 Å². The number of unbranched alkanes of at least 4 members (excludes halogenated alkanes) is 2. The lowest BCUT2D eigenvalue weighted by molar-refractivity contribution is -0.155. The Morgan fingerprint density at radius 1 is 1.03 bits per heavy atom. The number of nitrogens with zero attached hydrogens (tertiary/aromatic N) is 1. The molecule has 0 fully saturated rings. The molecule has 1 aromatic heterocycles. The third kappa shape index (κ3) is 8.33. The molecule has 2 aromatic rings. The molecule has 6 nitrogen and oxygen atoms in total. The van der Waals surface area contributed by atoms with Crippen LogP contribution < -0.4 is 0 Å². The molecule has 34 heavy (non-hydrogen) atoms. The summed E-state index contributed by atoms with van der Waals surface area (Å²) in [5.74, 6) is -0.860. The number of oxazole rings is 1. The van der Waals surface area contributed by atoms with E-state index in [2.05, 4.69) is 32.7 Å². The van der Waals surface area contributed by atoms with Crippen LogP contribution >= 0.6 is 12.0 Å². The van der Waals surface area contributed by atoms with E-state index in [1.165, 1.54) is 0 Å². The van der Waals surface area contributed by atoms with Crippen molar-refractivity contribution < 1.29 is 23.3 Å². The van der Waals surface area contributed by atoms with Gasteiger partial charge < -0.3 is 13.7 Å². The van der Waals surface area contributed by atoms with E-state index >= 15 is 0 Å². The second kappa shape index (κ2) is 14.4. The molecule has 2 atom stereocenters. The monoisotopic (exact) mass is 491 g/mol. The first-order chi connectivity index (χ1) is 16.4. The molecule has 1 N–H and O–H groups in total. The van der Waals surface area contributed by atoms with E-state index in [1.807, 2.05) is 24.3 Å². The number of benzene rings is 1. The molecule has 0 saturated carbocycles. The average Bonchev–Trinajstić information content (AvgIpc) is 3.25. The third-order valence-corrected chi connectivity index (χ3v) is 7.38. The van der Waals surface area contributed by atoms with Gasteiger partial charge in [0.05, 0.1) is 11.8 Å². The number of fused-ring (bicyclic) bond motifs is 1. The third-order valence-electron chi connectivity index (χ3n) is 6.83. The van der Waals surface area contributed by atoms with Crippen LogP contribution in [0.25, 0.3) is 11.1 Å². The quantitative estimate of drug-likeness (QED) is 0.224. The van der Waals surface area contributed by atoms with Crippen LogP contribution in [0.5, 0.6) is 0 Å². The zero-order valence-electron chi connectivity index (χ0n) is 21.2. The number of hydrogen-bond donors (Lipinski definition) is 1. The number of carboxylic acid groups (broad SMARTS) is 1. The van der Waals surface area contributed by atoms with Gasteiger partial charge in [-0.15, -0.1) is 0 Å². The maximum Gasteiger partial charge on any atom is 0.325 e. The predicted molar refractivity (Wildman–Crippen MR) is 136 cm³/mol. The Morgan fingerprint density at radius 3 is 2.12 bits per heavy atom. The van der Waals surface area contributed by atoms with E-state index in [1.54, 1.807) is 0 Å². The maximum atomic E-state index is 13.7. The average molecular weight is 492 g/mol. The smallest absolute Gasteiger partial charge is 0.325 e. The molecule has 0 saturated heterocycles. The Balaban J connectivity index is 2.30. The zero-order chi connectivity index (χ0) is 25.0. The molecule has 0 aliphatic rings. The Labute approximate surface area is 208 Å². The normalized spacial score (nSPS) is 15.1. The Morgan fingerprint density at radius 2 is 1.62 bits per heavy atom. The van der Waals surface area contributed by atoms with Gasteiger partial charge in [0.25, 0.3) is 5.22 Å². The summed E-state index contributed by atoms with van der Waals surface area (Å²) in [5, 5.41) is 10.1. The summed E-state index contributed by atoms with van der Waals surface area (Å²) in [6, 6.07) is 7.36. The van der Waals surface area contributed by atoms with Gasteiger partial charge in [-0.1, -0.05) is 91.2 Å². The summed E-state index contributed by atoms with van der Waals surface area (Å²) < 4.78 is 11.4. The summed E-state index contributed by atoms with van der Waals surface area (Å²) in [5.41, 5.74) is 0.247. The molecule has 2 rings (SSSR count). The number of carboxylic acids is 1. The van der Waals surface area contributed by atoms with Crippen molar-refractivity contribution in [3.63, 3.8) is 0 Å². The first-order valence-corrected chi connectivity index (χ1v) is 13.6. The fourth-order valence-electron chi connectivity index (χ4n) is 4.80. The summed E-state index contributed by atoms with van der Waals surface area (Å²) in [6.07, 6.45) is 8.96. The lowest BCUT2D eigenvalue weighted by Gasteiger charge is -2.35. The van der Waals surface area contributed by atoms with Gasteiger partial charge in [-0.25, -0.2) is 4.98 Å². The maximum absolute atomic E-state index is 13.7. The molecule has 190 valence electrons. The first-order valence-electron chi connectivity index (χ1n) is 12.8. The first kappa shape index (κ1) is 28.2. The number of carbonyl (C=O) groups is 2. The van der Waals surface area contributed by atoms with E-state index in [9.17, 15) is 14.7 Å². The molecule has 0 amide bonds. The molecule has 0 bridgehead atoms. The SMILES string of the molecule is CCCCC(CC)CC(CC(=O)O)(CC(CC)CCCC)C(=O)OSc1nc2ccccc2o1. The van der Waals surface area contributed by atoms with Crippen molar-refractivity contribution in [2.24, 2.45) is 17.3 Å². The van der Waals surface area contributed by atoms with Crippen LogP contribution in [0.2, 0.25) is 0 Å². The topological polar surface area (TPSA) is 89.6 Å². The molecular weight excluding hydrogens is 450 g/mol. The number of rotatable bonds is 17. The summed E-state index contributed by atoms with van der Waals surface area (Å²) in [6.45, 7) is 8.55. The van der Waals surface area contributed by atoms with Crippen LogP contribution in [-0.4, -0.2) is 22.0 Å². The molecule has 1 aromatic carbocycles. The van der Waals surface area contributed by atoms with Gasteiger partial charge in [-0.05, 0) is 36.8 Å². The van der Waals surface area contributed by atoms with Crippen LogP contribution in [0.15, 0.2) is 33.9 Å². The molecule has 0 aliphatic carbocycles. The highest BCUT2D eigenvalue weighted by Gasteiger charge is 2.45. The van der Waals surface area contributed by atoms with Gasteiger partial charge in [-0.2, -0.15) is 0 Å². The van der Waals surface area contributed by atoms with Crippen LogP contribution in [0.3, 0.4) is 0 Å². The highest BCUT2D eigenvalue weighted by atomic mass is 32.2. The minimum Gasteiger partial charge on any atom is -0.481 e. The van der Waals surface area contributed by atoms with Gasteiger partial charge in [-0.3, -0.25) is 9.59 Å². The lowest BCUT2D eigenvalue weighted by Crippen LogP contribution is -2.38. The van der Waals surface area contributed by atoms with Gasteiger partial charge in [0.2, 0.25) is 0 Å². The number of carbonyl (C=O) groups excluding carboxylic acids is 1. The predicted octanol–water partition coefficient (Wildman–Crippen LogP) is 8.05. The van der Waals surface area contributed by atoms with E-state index in [-0.39, 0.29) is 23.5 Å². The van der Waals surface area contributed by atoms with Crippen molar-refractivity contribution >= 4 is 35.1 Å². The second-order valence-corrected chi connectivity index (χ2v) is 10.2. The highest BCUT2D eigenvalue weighted by Crippen LogP contribution is 2.44. The van der Waals surface area contributed by atoms with Crippen molar-refractivity contribution in [2.45, 2.75) is 104 Å². The number of hydrogen-bond acceptors (Lipinski definition) is 6. The number of para-hydroxylation sites is 2. The van der Waals surface area contributed by atoms with Crippen LogP contribution in [-0.2, 0) is 13.8 Å². The molecule has 2 unspecified atom stereocenters. The van der Waals surface area contributed by atoms with Crippen LogP contribution in [0, 0.1) is 17.3 Å². The van der Waals surface area contributed by atoms with E-state index in [4.69, 9.17) is 8.60 Å². The molecule has 0 radical (unpaired) electrons. The summed E-state index contributed by atoms with van der Waals surface area (Å²) >= 11 is 0.793. The minimum absolute atomic E-state index is 0.217. The largest absolute Gasteiger partial charge is 0.481 e. The van der Waals surface area contributed by atoms with E-state index in [0.29, 0.717) is 23.9 Å². The number of aromatic nitrogens is 1. The molecular formula is C27H41NO5S. The Hall–Kier alpha value is -2.02. The summed E-state index contributed by atoms with van der Waals surface area (Å²) in [7, 11) is 0. The molecule has 1 heterocycles.